The molecule has 1 atom stereocenters. The van der Waals surface area contributed by atoms with Crippen molar-refractivity contribution in [1.82, 2.24) is 9.55 Å². The molecule has 1 aromatic heterocycles. The molecule has 2 heterocycles. The Kier molecular flexibility index (Phi) is 3.14. The van der Waals surface area contributed by atoms with Gasteiger partial charge >= 0.3 is 5.69 Å². The minimum atomic E-state index is -1.000. The second-order valence-electron chi connectivity index (χ2n) is 4.13. The molecule has 0 amide bonds. The highest BCUT2D eigenvalue weighted by Crippen LogP contribution is 2.34. The minimum absolute atomic E-state index is 0.307. The summed E-state index contributed by atoms with van der Waals surface area (Å²) in [6, 6.07) is 1.22. The highest BCUT2D eigenvalue weighted by molar-refractivity contribution is 4.90. The number of rotatable bonds is 3. The monoisotopic (exact) mass is 242 g/mol. The molecule has 0 saturated carbocycles. The average Bonchev–Trinajstić information content (AvgIpc) is 2.74. The first kappa shape index (κ1) is 12.0. The van der Waals surface area contributed by atoms with E-state index in [1.54, 1.807) is 0 Å². The van der Waals surface area contributed by atoms with Gasteiger partial charge in [-0.3, -0.25) is 14.3 Å². The summed E-state index contributed by atoms with van der Waals surface area (Å²) in [5.74, 6) is 0. The van der Waals surface area contributed by atoms with Gasteiger partial charge in [-0.1, -0.05) is 0 Å². The molecule has 0 bridgehead atoms. The minimum Gasteiger partial charge on any atom is -0.393 e. The van der Waals surface area contributed by atoms with Crippen molar-refractivity contribution in [2.45, 2.75) is 24.7 Å². The molecular weight excluding hydrogens is 228 g/mol. The van der Waals surface area contributed by atoms with E-state index in [9.17, 15) is 9.59 Å². The molecular formula is C10H14N2O5. The lowest BCUT2D eigenvalue weighted by Crippen LogP contribution is -2.38. The molecule has 1 aromatic rings. The van der Waals surface area contributed by atoms with E-state index in [2.05, 4.69) is 4.98 Å². The molecule has 2 rings (SSSR count). The molecule has 17 heavy (non-hydrogen) atoms. The molecule has 3 N–H and O–H groups in total. The third-order valence-corrected chi connectivity index (χ3v) is 2.97. The molecule has 94 valence electrons. The zero-order chi connectivity index (χ0) is 12.5. The summed E-state index contributed by atoms with van der Waals surface area (Å²) in [5.41, 5.74) is -2.03. The number of aliphatic hydroxyl groups is 2. The average molecular weight is 242 g/mol. The fourth-order valence-electron chi connectivity index (χ4n) is 1.93. The number of hydrogen-bond acceptors (Lipinski definition) is 5. The third-order valence-electron chi connectivity index (χ3n) is 2.97. The van der Waals surface area contributed by atoms with Crippen LogP contribution in [0.2, 0.25) is 0 Å². The predicted octanol–water partition coefficient (Wildman–Crippen LogP) is -1.43. The molecule has 1 unspecified atom stereocenters. The number of nitrogens with one attached hydrogen (secondary N) is 1. The van der Waals surface area contributed by atoms with Gasteiger partial charge in [0.1, 0.15) is 11.8 Å². The second kappa shape index (κ2) is 4.44. The van der Waals surface area contributed by atoms with E-state index in [1.165, 1.54) is 16.8 Å². The number of aromatic amines is 1. The van der Waals surface area contributed by atoms with Gasteiger partial charge in [-0.15, -0.1) is 0 Å². The van der Waals surface area contributed by atoms with Crippen LogP contribution >= 0.6 is 0 Å². The van der Waals surface area contributed by atoms with Crippen LogP contribution in [0.3, 0.4) is 0 Å². The maximum absolute atomic E-state index is 11.5. The Labute approximate surface area is 96.3 Å². The highest BCUT2D eigenvalue weighted by atomic mass is 16.5. The van der Waals surface area contributed by atoms with Crippen molar-refractivity contribution in [3.63, 3.8) is 0 Å². The summed E-state index contributed by atoms with van der Waals surface area (Å²) in [6.45, 7) is -0.615. The van der Waals surface area contributed by atoms with Crippen molar-refractivity contribution in [2.24, 2.45) is 0 Å². The Bertz CT molecular complexity index is 502. The Hall–Kier alpha value is -1.44. The number of nitrogens with zero attached hydrogens (tertiary/aromatic N) is 1. The standard InChI is InChI=1S/C10H14N2O5/c13-5-10(6-14)3-1-8(17-10)12-4-2-7(15)11-9(12)16/h2,4,8,13-14H,1,3,5-6H2,(H,11,15,16). The third kappa shape index (κ3) is 2.17. The second-order valence-corrected chi connectivity index (χ2v) is 4.13. The summed E-state index contributed by atoms with van der Waals surface area (Å²) >= 11 is 0. The molecule has 1 saturated heterocycles. The Morgan fingerprint density at radius 1 is 1.47 bits per heavy atom. The molecule has 1 aliphatic rings. The summed E-state index contributed by atoms with van der Waals surface area (Å²) in [7, 11) is 0. The summed E-state index contributed by atoms with van der Waals surface area (Å²) < 4.78 is 6.74. The van der Waals surface area contributed by atoms with Gasteiger partial charge in [0.05, 0.1) is 13.2 Å². The van der Waals surface area contributed by atoms with Crippen molar-refractivity contribution in [3.05, 3.63) is 33.1 Å². The number of aliphatic hydroxyl groups excluding tert-OH is 2. The van der Waals surface area contributed by atoms with E-state index in [4.69, 9.17) is 14.9 Å². The lowest BCUT2D eigenvalue weighted by molar-refractivity contribution is -0.122. The normalized spacial score (nSPS) is 22.8. The number of ether oxygens (including phenoxy) is 1. The Morgan fingerprint density at radius 2 is 2.18 bits per heavy atom. The van der Waals surface area contributed by atoms with Gasteiger partial charge in [-0.2, -0.15) is 0 Å². The fraction of sp³-hybridized carbons (Fsp3) is 0.600. The fourth-order valence-corrected chi connectivity index (χ4v) is 1.93. The molecule has 7 heteroatoms. The van der Waals surface area contributed by atoms with Crippen molar-refractivity contribution in [2.75, 3.05) is 13.2 Å². The van der Waals surface area contributed by atoms with Crippen LogP contribution in [0, 0.1) is 0 Å². The summed E-state index contributed by atoms with van der Waals surface area (Å²) in [6.07, 6.45) is 1.72. The molecule has 7 nitrogen and oxygen atoms in total. The van der Waals surface area contributed by atoms with Gasteiger partial charge in [0.15, 0.2) is 0 Å². The van der Waals surface area contributed by atoms with Crippen molar-refractivity contribution in [1.29, 1.82) is 0 Å². The predicted molar refractivity (Wildman–Crippen MR) is 57.6 cm³/mol. The van der Waals surface area contributed by atoms with Crippen LogP contribution < -0.4 is 11.2 Å². The van der Waals surface area contributed by atoms with Crippen molar-refractivity contribution < 1.29 is 14.9 Å². The molecule has 0 aromatic carbocycles. The molecule has 0 spiro atoms. The molecule has 0 aliphatic carbocycles. The first-order chi connectivity index (χ1) is 8.10. The van der Waals surface area contributed by atoms with Crippen LogP contribution in [0.15, 0.2) is 21.9 Å². The van der Waals surface area contributed by atoms with Gasteiger partial charge in [0, 0.05) is 12.3 Å². The van der Waals surface area contributed by atoms with Crippen LogP contribution in [0.5, 0.6) is 0 Å². The Morgan fingerprint density at radius 3 is 2.71 bits per heavy atom. The van der Waals surface area contributed by atoms with E-state index in [0.717, 1.165) is 0 Å². The lowest BCUT2D eigenvalue weighted by Gasteiger charge is -2.24. The summed E-state index contributed by atoms with van der Waals surface area (Å²) in [4.78, 5) is 24.6. The quantitative estimate of drug-likeness (QED) is 0.602. The van der Waals surface area contributed by atoms with E-state index >= 15 is 0 Å². The van der Waals surface area contributed by atoms with Crippen LogP contribution in [0.1, 0.15) is 19.1 Å². The van der Waals surface area contributed by atoms with Crippen LogP contribution in [0.25, 0.3) is 0 Å². The van der Waals surface area contributed by atoms with Gasteiger partial charge in [0.25, 0.3) is 5.56 Å². The lowest BCUT2D eigenvalue weighted by atomic mass is 10.0. The zero-order valence-electron chi connectivity index (χ0n) is 9.13. The van der Waals surface area contributed by atoms with E-state index in [-0.39, 0.29) is 13.2 Å². The van der Waals surface area contributed by atoms with Crippen LogP contribution in [-0.2, 0) is 4.74 Å². The first-order valence-electron chi connectivity index (χ1n) is 5.31. The smallest absolute Gasteiger partial charge is 0.330 e. The maximum atomic E-state index is 11.5. The summed E-state index contributed by atoms with van der Waals surface area (Å²) in [5, 5.41) is 18.3. The van der Waals surface area contributed by atoms with Gasteiger partial charge in [-0.25, -0.2) is 4.79 Å². The molecule has 1 fully saturated rings. The van der Waals surface area contributed by atoms with Gasteiger partial charge < -0.3 is 14.9 Å². The number of hydrogen-bond donors (Lipinski definition) is 3. The van der Waals surface area contributed by atoms with E-state index in [0.29, 0.717) is 12.8 Å². The number of aromatic nitrogens is 2. The van der Waals surface area contributed by atoms with Crippen LogP contribution in [-0.4, -0.2) is 38.6 Å². The number of H-pyrrole nitrogens is 1. The SMILES string of the molecule is O=c1ccn(C2CCC(CO)(CO)O2)c(=O)[nH]1. The zero-order valence-corrected chi connectivity index (χ0v) is 9.13. The van der Waals surface area contributed by atoms with Crippen molar-refractivity contribution in [3.8, 4) is 0 Å². The maximum Gasteiger partial charge on any atom is 0.330 e. The molecule has 1 aliphatic heterocycles. The van der Waals surface area contributed by atoms with E-state index < -0.39 is 23.1 Å². The van der Waals surface area contributed by atoms with Gasteiger partial charge in [-0.05, 0) is 12.8 Å². The van der Waals surface area contributed by atoms with Crippen LogP contribution in [0.4, 0.5) is 0 Å². The highest BCUT2D eigenvalue weighted by Gasteiger charge is 2.40. The van der Waals surface area contributed by atoms with Crippen molar-refractivity contribution >= 4 is 0 Å². The topological polar surface area (TPSA) is 105 Å². The Balaban J connectivity index is 2.26. The molecule has 0 radical (unpaired) electrons. The largest absolute Gasteiger partial charge is 0.393 e. The first-order valence-corrected chi connectivity index (χ1v) is 5.31. The van der Waals surface area contributed by atoms with E-state index in [1.807, 2.05) is 0 Å². The van der Waals surface area contributed by atoms with Gasteiger partial charge in [0.2, 0.25) is 0 Å².